The van der Waals surface area contributed by atoms with Crippen molar-refractivity contribution in [1.82, 2.24) is 9.97 Å². The number of hydrogen-bond donors (Lipinski definition) is 2. The van der Waals surface area contributed by atoms with E-state index in [1.54, 1.807) is 6.07 Å². The van der Waals surface area contributed by atoms with Crippen molar-refractivity contribution in [1.29, 1.82) is 0 Å². The van der Waals surface area contributed by atoms with Crippen molar-refractivity contribution >= 4 is 5.82 Å². The molecule has 0 bridgehead atoms. The Kier molecular flexibility index (Phi) is 5.34. The zero-order valence-corrected chi connectivity index (χ0v) is 12.3. The molecule has 0 saturated heterocycles. The summed E-state index contributed by atoms with van der Waals surface area (Å²) in [6.07, 6.45) is 1.73. The molecule has 0 atom stereocenters. The molecule has 1 aromatic carbocycles. The van der Waals surface area contributed by atoms with Crippen LogP contribution in [0.25, 0.3) is 0 Å². The van der Waals surface area contributed by atoms with Crippen LogP contribution in [0.4, 0.5) is 5.82 Å². The van der Waals surface area contributed by atoms with Crippen LogP contribution in [0.2, 0.25) is 0 Å². The molecule has 3 N–H and O–H groups in total. The lowest BCUT2D eigenvalue weighted by Crippen LogP contribution is -2.10. The molecule has 0 spiro atoms. The van der Waals surface area contributed by atoms with E-state index in [0.717, 1.165) is 18.6 Å². The number of nitrogens with two attached hydrogens (primary N) is 1. The summed E-state index contributed by atoms with van der Waals surface area (Å²) >= 11 is 0. The highest BCUT2D eigenvalue weighted by atomic mass is 16.5. The van der Waals surface area contributed by atoms with Gasteiger partial charge in [-0.05, 0) is 37.6 Å². The molecule has 0 aliphatic heterocycles. The van der Waals surface area contributed by atoms with Gasteiger partial charge in [-0.3, -0.25) is 0 Å². The van der Waals surface area contributed by atoms with E-state index in [9.17, 15) is 0 Å². The van der Waals surface area contributed by atoms with Gasteiger partial charge in [-0.2, -0.15) is 4.98 Å². The van der Waals surface area contributed by atoms with Crippen LogP contribution < -0.4 is 20.7 Å². The third-order valence-electron chi connectivity index (χ3n) is 2.73. The standard InChI is InChI=1S/C15H20N4O2/c1-3-5-13-17-14(19-16)10-15(18-13)21-12-8-6-11(7-9-12)20-4-2/h6-10H,3-5,16H2,1-2H3,(H,17,18,19). The van der Waals surface area contributed by atoms with E-state index in [2.05, 4.69) is 22.3 Å². The second kappa shape index (κ2) is 7.44. The fraction of sp³-hybridized carbons (Fsp3) is 0.333. The molecule has 0 unspecified atom stereocenters. The van der Waals surface area contributed by atoms with Gasteiger partial charge in [0, 0.05) is 12.5 Å². The number of nitrogen functional groups attached to an aromatic ring is 1. The summed E-state index contributed by atoms with van der Waals surface area (Å²) in [5, 5.41) is 0. The SMILES string of the molecule is CCCc1nc(NN)cc(Oc2ccc(OCC)cc2)n1. The van der Waals surface area contributed by atoms with E-state index >= 15 is 0 Å². The number of rotatable bonds is 7. The van der Waals surface area contributed by atoms with Gasteiger partial charge in [0.05, 0.1) is 6.61 Å². The van der Waals surface area contributed by atoms with Crippen molar-refractivity contribution in [3.05, 3.63) is 36.2 Å². The molecule has 0 saturated carbocycles. The van der Waals surface area contributed by atoms with Gasteiger partial charge in [-0.15, -0.1) is 0 Å². The molecule has 0 radical (unpaired) electrons. The molecular weight excluding hydrogens is 268 g/mol. The number of nitrogens with zero attached hydrogens (tertiary/aromatic N) is 2. The van der Waals surface area contributed by atoms with Gasteiger partial charge in [-0.25, -0.2) is 10.8 Å². The van der Waals surface area contributed by atoms with Gasteiger partial charge in [0.2, 0.25) is 5.88 Å². The first kappa shape index (κ1) is 15.1. The number of hydrogen-bond acceptors (Lipinski definition) is 6. The van der Waals surface area contributed by atoms with Crippen molar-refractivity contribution in [3.63, 3.8) is 0 Å². The zero-order chi connectivity index (χ0) is 15.1. The number of aromatic nitrogens is 2. The van der Waals surface area contributed by atoms with Gasteiger partial charge in [-0.1, -0.05) is 6.92 Å². The van der Waals surface area contributed by atoms with Crippen LogP contribution >= 0.6 is 0 Å². The van der Waals surface area contributed by atoms with Crippen molar-refractivity contribution in [2.45, 2.75) is 26.7 Å². The van der Waals surface area contributed by atoms with Crippen molar-refractivity contribution in [2.24, 2.45) is 5.84 Å². The number of aryl methyl sites for hydroxylation is 1. The maximum Gasteiger partial charge on any atom is 0.224 e. The summed E-state index contributed by atoms with van der Waals surface area (Å²) in [5.74, 6) is 8.61. The van der Waals surface area contributed by atoms with Crippen LogP contribution in [0, 0.1) is 0 Å². The lowest BCUT2D eigenvalue weighted by Gasteiger charge is -2.09. The number of anilines is 1. The number of benzene rings is 1. The molecule has 0 aliphatic rings. The normalized spacial score (nSPS) is 10.2. The van der Waals surface area contributed by atoms with Gasteiger partial charge >= 0.3 is 0 Å². The predicted octanol–water partition coefficient (Wildman–Crippen LogP) is 2.91. The van der Waals surface area contributed by atoms with Crippen molar-refractivity contribution < 1.29 is 9.47 Å². The average molecular weight is 288 g/mol. The molecule has 2 aromatic rings. The maximum atomic E-state index is 5.74. The molecule has 0 amide bonds. The molecule has 6 heteroatoms. The highest BCUT2D eigenvalue weighted by Gasteiger charge is 2.06. The summed E-state index contributed by atoms with van der Waals surface area (Å²) in [4.78, 5) is 8.64. The minimum Gasteiger partial charge on any atom is -0.494 e. The third kappa shape index (κ3) is 4.32. The zero-order valence-electron chi connectivity index (χ0n) is 12.3. The second-order valence-corrected chi connectivity index (χ2v) is 4.41. The van der Waals surface area contributed by atoms with Crippen LogP contribution in [-0.4, -0.2) is 16.6 Å². The van der Waals surface area contributed by atoms with Crippen LogP contribution in [0.1, 0.15) is 26.1 Å². The first-order valence-corrected chi connectivity index (χ1v) is 7.00. The van der Waals surface area contributed by atoms with Crippen LogP contribution in [0.3, 0.4) is 0 Å². The number of hydrazine groups is 1. The number of ether oxygens (including phenoxy) is 2. The summed E-state index contributed by atoms with van der Waals surface area (Å²) in [6.45, 7) is 4.65. The molecule has 0 aliphatic carbocycles. The Labute approximate surface area is 124 Å². The summed E-state index contributed by atoms with van der Waals surface area (Å²) in [7, 11) is 0. The Bertz CT molecular complexity index is 572. The molecule has 6 nitrogen and oxygen atoms in total. The van der Waals surface area contributed by atoms with E-state index in [1.807, 2.05) is 31.2 Å². The monoisotopic (exact) mass is 288 g/mol. The van der Waals surface area contributed by atoms with Crippen molar-refractivity contribution in [3.8, 4) is 17.4 Å². The quantitative estimate of drug-likeness (QED) is 0.602. The lowest BCUT2D eigenvalue weighted by molar-refractivity contribution is 0.339. The van der Waals surface area contributed by atoms with Crippen LogP contribution in [0.15, 0.2) is 30.3 Å². The van der Waals surface area contributed by atoms with Crippen LogP contribution in [0.5, 0.6) is 17.4 Å². The smallest absolute Gasteiger partial charge is 0.224 e. The number of nitrogens with one attached hydrogen (secondary N) is 1. The van der Waals surface area contributed by atoms with Gasteiger partial charge in [0.1, 0.15) is 23.1 Å². The minimum atomic E-state index is 0.463. The van der Waals surface area contributed by atoms with E-state index < -0.39 is 0 Å². The topological polar surface area (TPSA) is 82.3 Å². The minimum absolute atomic E-state index is 0.463. The summed E-state index contributed by atoms with van der Waals surface area (Å²) in [5.41, 5.74) is 2.53. The van der Waals surface area contributed by atoms with E-state index in [4.69, 9.17) is 15.3 Å². The van der Waals surface area contributed by atoms with Crippen LogP contribution in [-0.2, 0) is 6.42 Å². The second-order valence-electron chi connectivity index (χ2n) is 4.41. The average Bonchev–Trinajstić information content (AvgIpc) is 2.49. The largest absolute Gasteiger partial charge is 0.494 e. The maximum absolute atomic E-state index is 5.74. The Morgan fingerprint density at radius 1 is 1.10 bits per heavy atom. The highest BCUT2D eigenvalue weighted by Crippen LogP contribution is 2.24. The summed E-state index contributed by atoms with van der Waals surface area (Å²) in [6, 6.07) is 9.05. The molecule has 1 heterocycles. The van der Waals surface area contributed by atoms with Gasteiger partial charge < -0.3 is 14.9 Å². The van der Waals surface area contributed by atoms with E-state index in [-0.39, 0.29) is 0 Å². The Balaban J connectivity index is 2.15. The molecule has 1 aromatic heterocycles. The Morgan fingerprint density at radius 3 is 2.43 bits per heavy atom. The molecule has 0 fully saturated rings. The Morgan fingerprint density at radius 2 is 1.81 bits per heavy atom. The fourth-order valence-corrected chi connectivity index (χ4v) is 1.83. The van der Waals surface area contributed by atoms with E-state index in [1.165, 1.54) is 0 Å². The first-order valence-electron chi connectivity index (χ1n) is 7.00. The molecule has 21 heavy (non-hydrogen) atoms. The highest BCUT2D eigenvalue weighted by molar-refractivity contribution is 5.40. The van der Waals surface area contributed by atoms with Gasteiger partial charge in [0.15, 0.2) is 0 Å². The molecular formula is C15H20N4O2. The predicted molar refractivity (Wildman–Crippen MR) is 81.5 cm³/mol. The Hall–Kier alpha value is -2.34. The van der Waals surface area contributed by atoms with Gasteiger partial charge in [0.25, 0.3) is 0 Å². The third-order valence-corrected chi connectivity index (χ3v) is 2.73. The lowest BCUT2D eigenvalue weighted by atomic mass is 10.3. The first-order chi connectivity index (χ1) is 10.2. The fourth-order valence-electron chi connectivity index (χ4n) is 1.83. The van der Waals surface area contributed by atoms with E-state index in [0.29, 0.717) is 29.9 Å². The summed E-state index contributed by atoms with van der Waals surface area (Å²) < 4.78 is 11.1. The molecule has 2 rings (SSSR count). The molecule has 112 valence electrons. The van der Waals surface area contributed by atoms with Crippen molar-refractivity contribution in [2.75, 3.05) is 12.0 Å².